The predicted molar refractivity (Wildman–Crippen MR) is 83.7 cm³/mol. The first-order valence-corrected chi connectivity index (χ1v) is 6.86. The Bertz CT molecular complexity index is 528. The zero-order valence-corrected chi connectivity index (χ0v) is 13.0. The molecule has 5 heteroatoms. The van der Waals surface area contributed by atoms with Gasteiger partial charge in [-0.1, -0.05) is 11.6 Å². The Morgan fingerprint density at radius 1 is 1.37 bits per heavy atom. The molecule has 0 aliphatic heterocycles. The molecule has 2 aromatic rings. The van der Waals surface area contributed by atoms with Crippen molar-refractivity contribution in [3.8, 4) is 17.0 Å². The second-order valence-electron chi connectivity index (χ2n) is 4.18. The molecule has 1 heterocycles. The highest BCUT2D eigenvalue weighted by Crippen LogP contribution is 2.31. The lowest BCUT2D eigenvalue weighted by atomic mass is 10.1. The summed E-state index contributed by atoms with van der Waals surface area (Å²) in [4.78, 5) is 4.67. The third-order valence-electron chi connectivity index (χ3n) is 2.77. The molecule has 1 N–H and O–H groups in total. The van der Waals surface area contributed by atoms with Crippen molar-refractivity contribution in [1.29, 1.82) is 0 Å². The molecule has 1 aromatic carbocycles. The van der Waals surface area contributed by atoms with Crippen LogP contribution in [0.2, 0.25) is 0 Å². The summed E-state index contributed by atoms with van der Waals surface area (Å²) in [5.74, 6) is 0.881. The fourth-order valence-electron chi connectivity index (χ4n) is 1.80. The van der Waals surface area contributed by atoms with Crippen molar-refractivity contribution in [2.45, 2.75) is 13.3 Å². The van der Waals surface area contributed by atoms with Gasteiger partial charge in [0.1, 0.15) is 5.75 Å². The zero-order chi connectivity index (χ0) is 13.0. The minimum atomic E-state index is 0. The van der Waals surface area contributed by atoms with Gasteiger partial charge in [-0.2, -0.15) is 0 Å². The van der Waals surface area contributed by atoms with Crippen LogP contribution in [-0.2, 0) is 6.42 Å². The Labute approximate surface area is 124 Å². The second kappa shape index (κ2) is 7.48. The Hall–Kier alpha value is -1.10. The van der Waals surface area contributed by atoms with Crippen LogP contribution in [0.15, 0.2) is 23.6 Å². The quantitative estimate of drug-likeness (QED) is 0.919. The number of ether oxygens (including phenoxy) is 1. The van der Waals surface area contributed by atoms with Gasteiger partial charge in [-0.25, -0.2) is 4.98 Å². The molecule has 0 saturated heterocycles. The van der Waals surface area contributed by atoms with E-state index in [0.717, 1.165) is 35.0 Å². The van der Waals surface area contributed by atoms with E-state index in [1.54, 1.807) is 18.4 Å². The number of methoxy groups -OCH3 is 1. The van der Waals surface area contributed by atoms with Crippen molar-refractivity contribution < 1.29 is 4.74 Å². The average Bonchev–Trinajstić information content (AvgIpc) is 2.85. The first kappa shape index (κ1) is 16.0. The number of hydrogen-bond acceptors (Lipinski definition) is 4. The highest BCUT2D eigenvalue weighted by molar-refractivity contribution is 7.09. The van der Waals surface area contributed by atoms with Gasteiger partial charge in [0.05, 0.1) is 17.8 Å². The molecule has 3 nitrogen and oxygen atoms in total. The minimum Gasteiger partial charge on any atom is -0.496 e. The molecule has 0 saturated carbocycles. The number of nitrogens with zero attached hydrogens (tertiary/aromatic N) is 1. The lowest BCUT2D eigenvalue weighted by Gasteiger charge is -2.07. The largest absolute Gasteiger partial charge is 0.496 e. The van der Waals surface area contributed by atoms with Gasteiger partial charge in [0, 0.05) is 23.9 Å². The van der Waals surface area contributed by atoms with Crippen molar-refractivity contribution in [3.05, 3.63) is 34.2 Å². The Balaban J connectivity index is 0.00000180. The molecule has 0 unspecified atom stereocenters. The molecule has 0 spiro atoms. The Morgan fingerprint density at radius 3 is 2.84 bits per heavy atom. The third kappa shape index (κ3) is 3.93. The van der Waals surface area contributed by atoms with E-state index in [2.05, 4.69) is 34.7 Å². The lowest BCUT2D eigenvalue weighted by Crippen LogP contribution is -2.09. The standard InChI is InChI=1S/C14H18N2OS.ClH/c1-10-4-5-13(17-3)11(8-10)12-9-18-14(16-12)6-7-15-2;/h4-5,8-9,15H,6-7H2,1-3H3;1H. The Kier molecular flexibility index (Phi) is 6.28. The summed E-state index contributed by atoms with van der Waals surface area (Å²) in [7, 11) is 3.65. The van der Waals surface area contributed by atoms with Gasteiger partial charge < -0.3 is 10.1 Å². The van der Waals surface area contributed by atoms with Gasteiger partial charge in [0.2, 0.25) is 0 Å². The first-order valence-electron chi connectivity index (χ1n) is 5.98. The van der Waals surface area contributed by atoms with Crippen LogP contribution in [0.3, 0.4) is 0 Å². The van der Waals surface area contributed by atoms with Crippen LogP contribution in [0.5, 0.6) is 5.75 Å². The summed E-state index contributed by atoms with van der Waals surface area (Å²) < 4.78 is 5.40. The number of hydrogen-bond donors (Lipinski definition) is 1. The predicted octanol–water partition coefficient (Wildman–Crippen LogP) is 3.31. The molecule has 1 aromatic heterocycles. The molecule has 0 fully saturated rings. The number of halogens is 1. The fraction of sp³-hybridized carbons (Fsp3) is 0.357. The number of aryl methyl sites for hydroxylation is 1. The highest BCUT2D eigenvalue weighted by atomic mass is 35.5. The maximum Gasteiger partial charge on any atom is 0.128 e. The summed E-state index contributed by atoms with van der Waals surface area (Å²) in [5, 5.41) is 6.39. The molecule has 0 bridgehead atoms. The number of likely N-dealkylation sites (N-methyl/N-ethyl adjacent to an activating group) is 1. The normalized spacial score (nSPS) is 10.1. The molecule has 2 rings (SSSR count). The molecule has 0 aliphatic carbocycles. The second-order valence-corrected chi connectivity index (χ2v) is 5.13. The van der Waals surface area contributed by atoms with Crippen molar-refractivity contribution in [2.24, 2.45) is 0 Å². The number of nitrogens with one attached hydrogen (secondary N) is 1. The van der Waals surface area contributed by atoms with Crippen molar-refractivity contribution in [3.63, 3.8) is 0 Å². The maximum absolute atomic E-state index is 5.40. The smallest absolute Gasteiger partial charge is 0.128 e. The van der Waals surface area contributed by atoms with Crippen LogP contribution < -0.4 is 10.1 Å². The third-order valence-corrected chi connectivity index (χ3v) is 3.68. The van der Waals surface area contributed by atoms with Gasteiger partial charge in [0.15, 0.2) is 0 Å². The molecule has 0 aliphatic rings. The summed E-state index contributed by atoms with van der Waals surface area (Å²) in [5.41, 5.74) is 3.30. The molecular formula is C14H19ClN2OS. The van der Waals surface area contributed by atoms with Gasteiger partial charge >= 0.3 is 0 Å². The van der Waals surface area contributed by atoms with E-state index in [0.29, 0.717) is 0 Å². The van der Waals surface area contributed by atoms with E-state index in [4.69, 9.17) is 4.74 Å². The van der Waals surface area contributed by atoms with E-state index in [1.807, 2.05) is 13.1 Å². The van der Waals surface area contributed by atoms with Crippen LogP contribution in [0.4, 0.5) is 0 Å². The van der Waals surface area contributed by atoms with Crippen LogP contribution in [0.1, 0.15) is 10.6 Å². The lowest BCUT2D eigenvalue weighted by molar-refractivity contribution is 0.416. The van der Waals surface area contributed by atoms with Gasteiger partial charge in [-0.05, 0) is 26.1 Å². The molecule has 0 amide bonds. The molecule has 0 radical (unpaired) electrons. The Morgan fingerprint density at radius 2 is 2.16 bits per heavy atom. The van der Waals surface area contributed by atoms with Crippen LogP contribution in [-0.4, -0.2) is 25.7 Å². The van der Waals surface area contributed by atoms with Crippen molar-refractivity contribution >= 4 is 23.7 Å². The summed E-state index contributed by atoms with van der Waals surface area (Å²) in [6, 6.07) is 6.17. The topological polar surface area (TPSA) is 34.2 Å². The van der Waals surface area contributed by atoms with Crippen LogP contribution >= 0.6 is 23.7 Å². The van der Waals surface area contributed by atoms with E-state index in [1.165, 1.54) is 5.56 Å². The minimum absolute atomic E-state index is 0. The number of aromatic nitrogens is 1. The van der Waals surface area contributed by atoms with Crippen LogP contribution in [0, 0.1) is 6.92 Å². The SMILES string of the molecule is CNCCc1nc(-c2cc(C)ccc2OC)cs1.Cl. The summed E-state index contributed by atoms with van der Waals surface area (Å²) in [6.07, 6.45) is 0.968. The van der Waals surface area contributed by atoms with E-state index < -0.39 is 0 Å². The van der Waals surface area contributed by atoms with Crippen molar-refractivity contribution in [2.75, 3.05) is 20.7 Å². The summed E-state index contributed by atoms with van der Waals surface area (Å²) >= 11 is 1.70. The fourth-order valence-corrected chi connectivity index (χ4v) is 2.60. The van der Waals surface area contributed by atoms with Crippen LogP contribution in [0.25, 0.3) is 11.3 Å². The first-order chi connectivity index (χ1) is 8.74. The number of benzene rings is 1. The monoisotopic (exact) mass is 298 g/mol. The highest BCUT2D eigenvalue weighted by Gasteiger charge is 2.10. The van der Waals surface area contributed by atoms with Gasteiger partial charge in [-0.15, -0.1) is 23.7 Å². The number of rotatable bonds is 5. The van der Waals surface area contributed by atoms with Gasteiger partial charge in [0.25, 0.3) is 0 Å². The van der Waals surface area contributed by atoms with E-state index in [-0.39, 0.29) is 12.4 Å². The number of thiazole rings is 1. The molecule has 19 heavy (non-hydrogen) atoms. The van der Waals surface area contributed by atoms with E-state index in [9.17, 15) is 0 Å². The van der Waals surface area contributed by atoms with Gasteiger partial charge in [-0.3, -0.25) is 0 Å². The van der Waals surface area contributed by atoms with Crippen molar-refractivity contribution in [1.82, 2.24) is 10.3 Å². The average molecular weight is 299 g/mol. The zero-order valence-electron chi connectivity index (χ0n) is 11.4. The maximum atomic E-state index is 5.40. The molecular weight excluding hydrogens is 280 g/mol. The molecule has 0 atom stereocenters. The summed E-state index contributed by atoms with van der Waals surface area (Å²) in [6.45, 7) is 3.04. The molecule has 104 valence electrons. The van der Waals surface area contributed by atoms with E-state index >= 15 is 0 Å².